The molecule has 0 unspecified atom stereocenters. The summed E-state index contributed by atoms with van der Waals surface area (Å²) >= 11 is 0. The van der Waals surface area contributed by atoms with Gasteiger partial charge in [-0.2, -0.15) is 0 Å². The van der Waals surface area contributed by atoms with Crippen molar-refractivity contribution >= 4 is 5.57 Å². The molecule has 0 radical (unpaired) electrons. The molecule has 1 aromatic carbocycles. The van der Waals surface area contributed by atoms with Crippen molar-refractivity contribution in [3.8, 4) is 0 Å². The van der Waals surface area contributed by atoms with E-state index >= 15 is 0 Å². The molecule has 1 rings (SSSR count). The Bertz CT molecular complexity index is 306. The predicted molar refractivity (Wildman–Crippen MR) is 64.1 cm³/mol. The van der Waals surface area contributed by atoms with Crippen molar-refractivity contribution in [2.24, 2.45) is 0 Å². The van der Waals surface area contributed by atoms with Gasteiger partial charge in [0.05, 0.1) is 0 Å². The maximum atomic E-state index is 4.09. The minimum absolute atomic E-state index is 1.07. The van der Waals surface area contributed by atoms with Gasteiger partial charge >= 0.3 is 0 Å². The van der Waals surface area contributed by atoms with Crippen molar-refractivity contribution in [1.29, 1.82) is 0 Å². The standard InChI is InChI=1S/C14H18/c1-12(2)8-7-9-13(3)14-10-5-4-6-11-14/h4-6,10-11H,1,3,7-9H2,2H3. The van der Waals surface area contributed by atoms with Crippen LogP contribution < -0.4 is 0 Å². The van der Waals surface area contributed by atoms with Crippen LogP contribution in [0.4, 0.5) is 0 Å². The van der Waals surface area contributed by atoms with E-state index in [1.807, 2.05) is 6.07 Å². The van der Waals surface area contributed by atoms with Gasteiger partial charge in [0.25, 0.3) is 0 Å². The van der Waals surface area contributed by atoms with Gasteiger partial charge in [-0.15, -0.1) is 6.58 Å². The first kappa shape index (κ1) is 10.8. The normalized spacial score (nSPS) is 9.79. The van der Waals surface area contributed by atoms with Crippen molar-refractivity contribution in [3.63, 3.8) is 0 Å². The summed E-state index contributed by atoms with van der Waals surface area (Å²) in [6.45, 7) is 10.1. The Labute approximate surface area is 87.0 Å². The van der Waals surface area contributed by atoms with Gasteiger partial charge in [0, 0.05) is 0 Å². The first-order chi connectivity index (χ1) is 6.70. The number of hydrogen-bond acceptors (Lipinski definition) is 0. The van der Waals surface area contributed by atoms with Gasteiger partial charge in [-0.3, -0.25) is 0 Å². The van der Waals surface area contributed by atoms with Crippen LogP contribution in [-0.2, 0) is 0 Å². The average Bonchev–Trinajstić information content (AvgIpc) is 2.18. The van der Waals surface area contributed by atoms with E-state index in [0.717, 1.165) is 19.3 Å². The van der Waals surface area contributed by atoms with Gasteiger partial charge in [0.1, 0.15) is 0 Å². The lowest BCUT2D eigenvalue weighted by Crippen LogP contribution is -1.83. The molecule has 0 heteroatoms. The molecule has 0 aliphatic carbocycles. The van der Waals surface area contributed by atoms with E-state index in [1.54, 1.807) is 0 Å². The van der Waals surface area contributed by atoms with Gasteiger partial charge in [-0.25, -0.2) is 0 Å². The maximum Gasteiger partial charge on any atom is -0.0230 e. The highest BCUT2D eigenvalue weighted by Gasteiger charge is 1.97. The van der Waals surface area contributed by atoms with Crippen LogP contribution in [0.3, 0.4) is 0 Å². The molecule has 0 aliphatic rings. The minimum Gasteiger partial charge on any atom is -0.100 e. The van der Waals surface area contributed by atoms with Crippen LogP contribution in [-0.4, -0.2) is 0 Å². The topological polar surface area (TPSA) is 0 Å². The van der Waals surface area contributed by atoms with Gasteiger partial charge < -0.3 is 0 Å². The van der Waals surface area contributed by atoms with Crippen LogP contribution >= 0.6 is 0 Å². The zero-order valence-electron chi connectivity index (χ0n) is 8.92. The molecule has 0 saturated carbocycles. The average molecular weight is 186 g/mol. The summed E-state index contributed by atoms with van der Waals surface area (Å²) in [6, 6.07) is 10.4. The quantitative estimate of drug-likeness (QED) is 0.596. The summed E-state index contributed by atoms with van der Waals surface area (Å²) < 4.78 is 0. The van der Waals surface area contributed by atoms with Crippen LogP contribution in [0, 0.1) is 0 Å². The second kappa shape index (κ2) is 5.43. The van der Waals surface area contributed by atoms with E-state index in [1.165, 1.54) is 16.7 Å². The fourth-order valence-electron chi connectivity index (χ4n) is 1.42. The Kier molecular flexibility index (Phi) is 4.18. The van der Waals surface area contributed by atoms with E-state index in [4.69, 9.17) is 0 Å². The van der Waals surface area contributed by atoms with Gasteiger partial charge in [-0.1, -0.05) is 42.5 Å². The van der Waals surface area contributed by atoms with Crippen LogP contribution in [0.1, 0.15) is 31.7 Å². The zero-order valence-corrected chi connectivity index (χ0v) is 8.92. The molecule has 0 saturated heterocycles. The molecule has 0 heterocycles. The molecule has 0 bridgehead atoms. The molecule has 0 N–H and O–H groups in total. The molecular weight excluding hydrogens is 168 g/mol. The minimum atomic E-state index is 1.07. The molecule has 0 nitrogen and oxygen atoms in total. The highest BCUT2D eigenvalue weighted by atomic mass is 14.0. The van der Waals surface area contributed by atoms with Gasteiger partial charge in [0.2, 0.25) is 0 Å². The Morgan fingerprint density at radius 1 is 1.07 bits per heavy atom. The monoisotopic (exact) mass is 186 g/mol. The molecular formula is C14H18. The zero-order chi connectivity index (χ0) is 10.4. The Hall–Kier alpha value is -1.30. The third-order valence-electron chi connectivity index (χ3n) is 2.26. The Balaban J connectivity index is 2.40. The number of hydrogen-bond donors (Lipinski definition) is 0. The van der Waals surface area contributed by atoms with Crippen molar-refractivity contribution in [2.75, 3.05) is 0 Å². The molecule has 0 atom stereocenters. The summed E-state index contributed by atoms with van der Waals surface area (Å²) in [5.74, 6) is 0. The van der Waals surface area contributed by atoms with Crippen LogP contribution in [0.25, 0.3) is 5.57 Å². The van der Waals surface area contributed by atoms with Gasteiger partial charge in [0.15, 0.2) is 0 Å². The van der Waals surface area contributed by atoms with E-state index in [9.17, 15) is 0 Å². The molecule has 1 aromatic rings. The Morgan fingerprint density at radius 2 is 1.71 bits per heavy atom. The third-order valence-corrected chi connectivity index (χ3v) is 2.26. The highest BCUT2D eigenvalue weighted by molar-refractivity contribution is 5.62. The summed E-state index contributed by atoms with van der Waals surface area (Å²) in [7, 11) is 0. The smallest absolute Gasteiger partial charge is 0.0230 e. The summed E-state index contributed by atoms with van der Waals surface area (Å²) in [5.41, 5.74) is 3.74. The number of rotatable bonds is 5. The third kappa shape index (κ3) is 3.61. The van der Waals surface area contributed by atoms with Gasteiger partial charge in [-0.05, 0) is 37.3 Å². The SMILES string of the molecule is C=C(C)CCCC(=C)c1ccccc1. The van der Waals surface area contributed by atoms with Crippen LogP contribution in [0.15, 0.2) is 49.1 Å². The molecule has 0 fully saturated rings. The summed E-state index contributed by atoms with van der Waals surface area (Å²) in [4.78, 5) is 0. The van der Waals surface area contributed by atoms with Crippen molar-refractivity contribution in [2.45, 2.75) is 26.2 Å². The first-order valence-electron chi connectivity index (χ1n) is 5.07. The van der Waals surface area contributed by atoms with Crippen molar-refractivity contribution in [1.82, 2.24) is 0 Å². The number of allylic oxidation sites excluding steroid dienone is 2. The molecule has 74 valence electrons. The largest absolute Gasteiger partial charge is 0.100 e. The molecule has 0 aliphatic heterocycles. The van der Waals surface area contributed by atoms with Crippen LogP contribution in [0.5, 0.6) is 0 Å². The molecule has 0 aromatic heterocycles. The lowest BCUT2D eigenvalue weighted by atomic mass is 10.0. The Morgan fingerprint density at radius 3 is 2.29 bits per heavy atom. The van der Waals surface area contributed by atoms with E-state index in [2.05, 4.69) is 44.3 Å². The first-order valence-corrected chi connectivity index (χ1v) is 5.07. The summed E-state index contributed by atoms with van der Waals surface area (Å²) in [5, 5.41) is 0. The van der Waals surface area contributed by atoms with Crippen molar-refractivity contribution in [3.05, 3.63) is 54.6 Å². The van der Waals surface area contributed by atoms with E-state index in [-0.39, 0.29) is 0 Å². The lowest BCUT2D eigenvalue weighted by molar-refractivity contribution is 0.846. The highest BCUT2D eigenvalue weighted by Crippen LogP contribution is 2.19. The van der Waals surface area contributed by atoms with Crippen LogP contribution in [0.2, 0.25) is 0 Å². The molecule has 14 heavy (non-hydrogen) atoms. The molecule has 0 amide bonds. The number of benzene rings is 1. The fraction of sp³-hybridized carbons (Fsp3) is 0.286. The van der Waals surface area contributed by atoms with E-state index in [0.29, 0.717) is 0 Å². The predicted octanol–water partition coefficient (Wildman–Crippen LogP) is 4.45. The second-order valence-corrected chi connectivity index (χ2v) is 3.78. The van der Waals surface area contributed by atoms with E-state index < -0.39 is 0 Å². The van der Waals surface area contributed by atoms with Crippen molar-refractivity contribution < 1.29 is 0 Å². The second-order valence-electron chi connectivity index (χ2n) is 3.78. The lowest BCUT2D eigenvalue weighted by Gasteiger charge is -2.05. The fourth-order valence-corrected chi connectivity index (χ4v) is 1.42. The maximum absolute atomic E-state index is 4.09. The summed E-state index contributed by atoms with van der Waals surface area (Å²) in [6.07, 6.45) is 3.33. The molecule has 0 spiro atoms.